The molecular formula is C15H22N2O4. The van der Waals surface area contributed by atoms with E-state index in [9.17, 15) is 19.8 Å². The molecule has 0 fully saturated rings. The van der Waals surface area contributed by atoms with Crippen molar-refractivity contribution in [2.75, 3.05) is 0 Å². The summed E-state index contributed by atoms with van der Waals surface area (Å²) < 4.78 is 0. The van der Waals surface area contributed by atoms with Gasteiger partial charge in [0.1, 0.15) is 11.8 Å². The van der Waals surface area contributed by atoms with Crippen molar-refractivity contribution in [3.05, 3.63) is 29.8 Å². The van der Waals surface area contributed by atoms with Gasteiger partial charge in [-0.15, -0.1) is 0 Å². The van der Waals surface area contributed by atoms with Gasteiger partial charge in [-0.2, -0.15) is 0 Å². The number of hydrogen-bond acceptors (Lipinski definition) is 4. The van der Waals surface area contributed by atoms with E-state index in [2.05, 4.69) is 5.32 Å². The van der Waals surface area contributed by atoms with Gasteiger partial charge in [0.25, 0.3) is 0 Å². The molecule has 2 atom stereocenters. The van der Waals surface area contributed by atoms with Crippen molar-refractivity contribution in [3.63, 3.8) is 0 Å². The molecule has 0 saturated heterocycles. The van der Waals surface area contributed by atoms with Crippen molar-refractivity contribution < 1.29 is 19.8 Å². The molecule has 0 aliphatic heterocycles. The third kappa shape index (κ3) is 5.83. The molecule has 0 bridgehead atoms. The maximum absolute atomic E-state index is 11.9. The largest absolute Gasteiger partial charge is 0.508 e. The van der Waals surface area contributed by atoms with Gasteiger partial charge in [0.15, 0.2) is 0 Å². The average molecular weight is 294 g/mol. The molecule has 1 rings (SSSR count). The highest BCUT2D eigenvalue weighted by Gasteiger charge is 2.23. The van der Waals surface area contributed by atoms with E-state index in [1.165, 1.54) is 12.1 Å². The third-order valence-electron chi connectivity index (χ3n) is 3.05. The molecule has 1 unspecified atom stereocenters. The highest BCUT2D eigenvalue weighted by molar-refractivity contribution is 5.86. The van der Waals surface area contributed by atoms with E-state index in [4.69, 9.17) is 5.73 Å². The van der Waals surface area contributed by atoms with Crippen LogP contribution < -0.4 is 11.1 Å². The Bertz CT molecular complexity index is 485. The number of amides is 1. The molecule has 0 heterocycles. The summed E-state index contributed by atoms with van der Waals surface area (Å²) >= 11 is 0. The number of carbonyl (C=O) groups is 2. The first kappa shape index (κ1) is 17.0. The maximum Gasteiger partial charge on any atom is 0.326 e. The molecule has 0 aliphatic rings. The first-order valence-corrected chi connectivity index (χ1v) is 6.86. The number of carboxylic acids is 1. The topological polar surface area (TPSA) is 113 Å². The first-order chi connectivity index (χ1) is 9.79. The second-order valence-corrected chi connectivity index (χ2v) is 5.51. The molecule has 0 saturated carbocycles. The predicted molar refractivity (Wildman–Crippen MR) is 78.8 cm³/mol. The third-order valence-corrected chi connectivity index (χ3v) is 3.05. The number of carboxylic acid groups (broad SMARTS) is 1. The van der Waals surface area contributed by atoms with Crippen LogP contribution in [0.3, 0.4) is 0 Å². The number of nitrogens with two attached hydrogens (primary N) is 1. The Hall–Kier alpha value is -2.08. The van der Waals surface area contributed by atoms with Crippen molar-refractivity contribution in [1.29, 1.82) is 0 Å². The summed E-state index contributed by atoms with van der Waals surface area (Å²) in [5.41, 5.74) is 6.45. The van der Waals surface area contributed by atoms with E-state index in [1.807, 2.05) is 13.8 Å². The Morgan fingerprint density at radius 3 is 2.29 bits per heavy atom. The average Bonchev–Trinajstić information content (AvgIpc) is 2.39. The van der Waals surface area contributed by atoms with Gasteiger partial charge in [-0.3, -0.25) is 4.79 Å². The summed E-state index contributed by atoms with van der Waals surface area (Å²) in [4.78, 5) is 23.1. The molecule has 6 nitrogen and oxygen atoms in total. The van der Waals surface area contributed by atoms with Gasteiger partial charge in [0.2, 0.25) is 5.91 Å². The van der Waals surface area contributed by atoms with Gasteiger partial charge in [0.05, 0.1) is 6.04 Å². The lowest BCUT2D eigenvalue weighted by molar-refractivity contribution is -0.142. The zero-order valence-electron chi connectivity index (χ0n) is 12.2. The Kier molecular flexibility index (Phi) is 6.17. The van der Waals surface area contributed by atoms with E-state index in [-0.39, 0.29) is 18.1 Å². The lowest BCUT2D eigenvalue weighted by Crippen LogP contribution is -2.49. The minimum Gasteiger partial charge on any atom is -0.508 e. The van der Waals surface area contributed by atoms with Crippen LogP contribution in [0, 0.1) is 5.92 Å². The van der Waals surface area contributed by atoms with E-state index < -0.39 is 24.0 Å². The molecule has 0 spiro atoms. The normalized spacial score (nSPS) is 13.7. The molecule has 116 valence electrons. The van der Waals surface area contributed by atoms with Crippen LogP contribution in [0.2, 0.25) is 0 Å². The van der Waals surface area contributed by atoms with Crippen LogP contribution in [0.15, 0.2) is 24.3 Å². The maximum atomic E-state index is 11.9. The van der Waals surface area contributed by atoms with Crippen LogP contribution in [0.25, 0.3) is 0 Å². The van der Waals surface area contributed by atoms with Gasteiger partial charge in [0, 0.05) is 6.42 Å². The van der Waals surface area contributed by atoms with Crippen LogP contribution >= 0.6 is 0 Å². The lowest BCUT2D eigenvalue weighted by Gasteiger charge is -2.19. The van der Waals surface area contributed by atoms with Crippen LogP contribution in [-0.2, 0) is 16.0 Å². The number of carbonyl (C=O) groups excluding carboxylic acids is 1. The summed E-state index contributed by atoms with van der Waals surface area (Å²) in [5, 5.41) is 20.9. The van der Waals surface area contributed by atoms with E-state index >= 15 is 0 Å². The zero-order valence-corrected chi connectivity index (χ0v) is 12.2. The Balaban J connectivity index is 2.67. The van der Waals surface area contributed by atoms with Gasteiger partial charge in [-0.25, -0.2) is 4.79 Å². The fraction of sp³-hybridized carbons (Fsp3) is 0.467. The number of rotatable bonds is 7. The molecule has 1 aromatic rings. The summed E-state index contributed by atoms with van der Waals surface area (Å²) in [5.74, 6) is -1.22. The van der Waals surface area contributed by atoms with E-state index in [1.54, 1.807) is 12.1 Å². The van der Waals surface area contributed by atoms with Crippen molar-refractivity contribution in [1.82, 2.24) is 5.32 Å². The van der Waals surface area contributed by atoms with Crippen LogP contribution in [0.1, 0.15) is 25.8 Å². The summed E-state index contributed by atoms with van der Waals surface area (Å²) in [6.45, 7) is 3.89. The lowest BCUT2D eigenvalue weighted by atomic mass is 10.0. The number of phenols is 1. The summed E-state index contributed by atoms with van der Waals surface area (Å²) in [7, 11) is 0. The highest BCUT2D eigenvalue weighted by Crippen LogP contribution is 2.12. The fourth-order valence-corrected chi connectivity index (χ4v) is 1.96. The second-order valence-electron chi connectivity index (χ2n) is 5.51. The molecular weight excluding hydrogens is 272 g/mol. The summed E-state index contributed by atoms with van der Waals surface area (Å²) in [6, 6.07) is 4.42. The molecule has 6 heteroatoms. The SMILES string of the molecule is CC(C)C[C@H](N)C(=O)NC(Cc1ccc(O)cc1)C(=O)O. The van der Waals surface area contributed by atoms with Crippen molar-refractivity contribution >= 4 is 11.9 Å². The van der Waals surface area contributed by atoms with Crippen molar-refractivity contribution in [3.8, 4) is 5.75 Å². The number of benzene rings is 1. The highest BCUT2D eigenvalue weighted by atomic mass is 16.4. The van der Waals surface area contributed by atoms with E-state index in [0.717, 1.165) is 0 Å². The van der Waals surface area contributed by atoms with Crippen LogP contribution in [0.5, 0.6) is 5.75 Å². The molecule has 5 N–H and O–H groups in total. The molecule has 0 radical (unpaired) electrons. The zero-order chi connectivity index (χ0) is 16.0. The molecule has 1 amide bonds. The number of nitrogens with one attached hydrogen (secondary N) is 1. The molecule has 1 aromatic carbocycles. The summed E-state index contributed by atoms with van der Waals surface area (Å²) in [6.07, 6.45) is 0.632. The number of aromatic hydroxyl groups is 1. The molecule has 0 aromatic heterocycles. The van der Waals surface area contributed by atoms with Crippen molar-refractivity contribution in [2.45, 2.75) is 38.8 Å². The standard InChI is InChI=1S/C15H22N2O4/c1-9(2)7-12(16)14(19)17-13(15(20)21)8-10-3-5-11(18)6-4-10/h3-6,9,12-13,18H,7-8,16H2,1-2H3,(H,17,19)(H,20,21)/t12-,13?/m0/s1. The minimum absolute atomic E-state index is 0.105. The predicted octanol–water partition coefficient (Wildman–Crippen LogP) is 0.877. The van der Waals surface area contributed by atoms with Gasteiger partial charge in [-0.1, -0.05) is 26.0 Å². The number of phenolic OH excluding ortho intramolecular Hbond substituents is 1. The van der Waals surface area contributed by atoms with Crippen LogP contribution in [0.4, 0.5) is 0 Å². The van der Waals surface area contributed by atoms with Gasteiger partial charge in [-0.05, 0) is 30.0 Å². The fourth-order valence-electron chi connectivity index (χ4n) is 1.96. The van der Waals surface area contributed by atoms with Crippen molar-refractivity contribution in [2.24, 2.45) is 11.7 Å². The van der Waals surface area contributed by atoms with Gasteiger partial charge < -0.3 is 21.3 Å². The first-order valence-electron chi connectivity index (χ1n) is 6.86. The van der Waals surface area contributed by atoms with E-state index in [0.29, 0.717) is 12.0 Å². The second kappa shape index (κ2) is 7.64. The Morgan fingerprint density at radius 1 is 1.24 bits per heavy atom. The molecule has 0 aliphatic carbocycles. The number of hydrogen-bond donors (Lipinski definition) is 4. The van der Waals surface area contributed by atoms with Crippen LogP contribution in [-0.4, -0.2) is 34.2 Å². The molecule has 21 heavy (non-hydrogen) atoms. The Morgan fingerprint density at radius 2 is 1.81 bits per heavy atom. The Labute approximate surface area is 124 Å². The smallest absolute Gasteiger partial charge is 0.326 e. The number of aliphatic carboxylic acids is 1. The quantitative estimate of drug-likeness (QED) is 0.596. The monoisotopic (exact) mass is 294 g/mol. The minimum atomic E-state index is -1.12. The van der Waals surface area contributed by atoms with Gasteiger partial charge >= 0.3 is 5.97 Å².